The van der Waals surface area contributed by atoms with Crippen LogP contribution in [0.1, 0.15) is 5.56 Å². The molecule has 0 unspecified atom stereocenters. The first kappa shape index (κ1) is 14.0. The molecule has 5 nitrogen and oxygen atoms in total. The van der Waals surface area contributed by atoms with Crippen LogP contribution in [0.3, 0.4) is 0 Å². The molecule has 0 saturated carbocycles. The van der Waals surface area contributed by atoms with Crippen molar-refractivity contribution in [2.45, 2.75) is 5.75 Å². The first-order chi connectivity index (χ1) is 8.89. The van der Waals surface area contributed by atoms with E-state index in [9.17, 15) is 13.2 Å². The summed E-state index contributed by atoms with van der Waals surface area (Å²) >= 11 is 0. The van der Waals surface area contributed by atoms with Gasteiger partial charge in [-0.1, -0.05) is 0 Å². The Kier molecular flexibility index (Phi) is 3.86. The van der Waals surface area contributed by atoms with E-state index in [0.29, 0.717) is 22.3 Å². The molecule has 0 aliphatic carbocycles. The number of ether oxygens (including phenoxy) is 1. The van der Waals surface area contributed by atoms with Crippen LogP contribution in [0.5, 0.6) is 5.75 Å². The van der Waals surface area contributed by atoms with Crippen molar-refractivity contribution in [2.24, 2.45) is 0 Å². The lowest BCUT2D eigenvalue weighted by Gasteiger charge is -2.06. The quantitative estimate of drug-likeness (QED) is 0.635. The Hall–Kier alpha value is -1.47. The highest BCUT2D eigenvalue weighted by molar-refractivity contribution is 8.71. The fourth-order valence-electron chi connectivity index (χ4n) is 1.63. The molecule has 0 amide bonds. The van der Waals surface area contributed by atoms with E-state index in [0.717, 1.165) is 17.0 Å². The Bertz CT molecular complexity index is 761. The topological polar surface area (TPSA) is 73.6 Å². The normalized spacial score (nSPS) is 11.7. The van der Waals surface area contributed by atoms with Crippen molar-refractivity contribution in [2.75, 3.05) is 13.4 Å². The van der Waals surface area contributed by atoms with Gasteiger partial charge in [-0.25, -0.2) is 13.2 Å². The minimum absolute atomic E-state index is 0.202. The number of rotatable bonds is 4. The van der Waals surface area contributed by atoms with Crippen molar-refractivity contribution in [1.82, 2.24) is 0 Å². The molecular formula is C12H12O5S2. The first-order valence-corrected chi connectivity index (χ1v) is 8.73. The Morgan fingerprint density at radius 2 is 2.05 bits per heavy atom. The zero-order valence-electron chi connectivity index (χ0n) is 10.4. The van der Waals surface area contributed by atoms with Gasteiger partial charge in [0.1, 0.15) is 11.3 Å². The van der Waals surface area contributed by atoms with Crippen LogP contribution in [0, 0.1) is 0 Å². The third kappa shape index (κ3) is 3.51. The fraction of sp³-hybridized carbons (Fsp3) is 0.250. The van der Waals surface area contributed by atoms with Crippen LogP contribution in [0.25, 0.3) is 11.0 Å². The molecule has 0 fully saturated rings. The van der Waals surface area contributed by atoms with Crippen molar-refractivity contribution >= 4 is 30.6 Å². The number of hydrogen-bond donors (Lipinski definition) is 0. The third-order valence-electron chi connectivity index (χ3n) is 2.47. The van der Waals surface area contributed by atoms with Crippen LogP contribution >= 0.6 is 10.8 Å². The monoisotopic (exact) mass is 300 g/mol. The zero-order chi connectivity index (χ0) is 14.0. The van der Waals surface area contributed by atoms with E-state index in [1.54, 1.807) is 18.2 Å². The highest BCUT2D eigenvalue weighted by Crippen LogP contribution is 2.26. The van der Waals surface area contributed by atoms with Crippen molar-refractivity contribution in [3.63, 3.8) is 0 Å². The lowest BCUT2D eigenvalue weighted by molar-refractivity contribution is 0.414. The van der Waals surface area contributed by atoms with E-state index in [1.807, 2.05) is 0 Å². The van der Waals surface area contributed by atoms with E-state index in [2.05, 4.69) is 0 Å². The van der Waals surface area contributed by atoms with E-state index >= 15 is 0 Å². The highest BCUT2D eigenvalue weighted by atomic mass is 33.1. The lowest BCUT2D eigenvalue weighted by Crippen LogP contribution is -2.01. The Balaban J connectivity index is 2.51. The number of benzene rings is 1. The van der Waals surface area contributed by atoms with Crippen LogP contribution in [0.4, 0.5) is 0 Å². The number of hydrogen-bond acceptors (Lipinski definition) is 6. The van der Waals surface area contributed by atoms with Gasteiger partial charge in [0.05, 0.1) is 7.11 Å². The summed E-state index contributed by atoms with van der Waals surface area (Å²) in [5.41, 5.74) is 0.505. The summed E-state index contributed by atoms with van der Waals surface area (Å²) in [6.07, 6.45) is 1.13. The molecule has 0 radical (unpaired) electrons. The summed E-state index contributed by atoms with van der Waals surface area (Å²) in [6.45, 7) is 0. The van der Waals surface area contributed by atoms with Gasteiger partial charge in [0.2, 0.25) is 0 Å². The van der Waals surface area contributed by atoms with Crippen LogP contribution in [-0.4, -0.2) is 21.8 Å². The average molecular weight is 300 g/mol. The molecule has 0 saturated heterocycles. The first-order valence-electron chi connectivity index (χ1n) is 5.34. The van der Waals surface area contributed by atoms with E-state index in [-0.39, 0.29) is 5.75 Å². The van der Waals surface area contributed by atoms with Crippen molar-refractivity contribution < 1.29 is 17.6 Å². The molecule has 2 aromatic rings. The van der Waals surface area contributed by atoms with E-state index < -0.39 is 14.5 Å². The van der Waals surface area contributed by atoms with Crippen LogP contribution < -0.4 is 10.4 Å². The van der Waals surface area contributed by atoms with Gasteiger partial charge in [-0.2, -0.15) is 0 Å². The maximum atomic E-state index is 11.5. The minimum atomic E-state index is -3.16. The van der Waals surface area contributed by atoms with E-state index in [1.165, 1.54) is 13.2 Å². The molecular weight excluding hydrogens is 288 g/mol. The van der Waals surface area contributed by atoms with Crippen molar-refractivity contribution in [3.05, 3.63) is 40.2 Å². The summed E-state index contributed by atoms with van der Waals surface area (Å²) in [6, 6.07) is 6.39. The van der Waals surface area contributed by atoms with E-state index in [4.69, 9.17) is 9.15 Å². The summed E-state index contributed by atoms with van der Waals surface area (Å²) in [7, 11) is -0.860. The van der Waals surface area contributed by atoms with Crippen LogP contribution in [0.15, 0.2) is 33.5 Å². The molecule has 0 N–H and O–H groups in total. The van der Waals surface area contributed by atoms with Crippen molar-refractivity contribution in [3.8, 4) is 5.75 Å². The van der Waals surface area contributed by atoms with Crippen LogP contribution in [-0.2, 0) is 14.6 Å². The molecule has 0 aliphatic rings. The zero-order valence-corrected chi connectivity index (χ0v) is 12.0. The van der Waals surface area contributed by atoms with Gasteiger partial charge in [-0.05, 0) is 28.5 Å². The van der Waals surface area contributed by atoms with Gasteiger partial charge < -0.3 is 9.15 Å². The minimum Gasteiger partial charge on any atom is -0.497 e. The average Bonchev–Trinajstić information content (AvgIpc) is 2.34. The predicted octanol–water partition coefficient (Wildman–Crippen LogP) is 1.99. The molecule has 102 valence electrons. The van der Waals surface area contributed by atoms with Gasteiger partial charge in [-0.3, -0.25) is 0 Å². The lowest BCUT2D eigenvalue weighted by atomic mass is 10.1. The summed E-state index contributed by atoms with van der Waals surface area (Å²) in [4.78, 5) is 11.5. The molecule has 7 heteroatoms. The van der Waals surface area contributed by atoms with Crippen molar-refractivity contribution in [1.29, 1.82) is 0 Å². The van der Waals surface area contributed by atoms with Gasteiger partial charge >= 0.3 is 5.63 Å². The standard InChI is InChI=1S/C12H12O5S2/c1-16-9-3-4-10-8(7-18-19(2,14)15)5-12(13)17-11(10)6-9/h3-6H,7H2,1-2H3. The second-order valence-corrected chi connectivity index (χ2v) is 8.38. The molecule has 1 aromatic heterocycles. The molecule has 0 atom stereocenters. The summed E-state index contributed by atoms with van der Waals surface area (Å²) in [5, 5.41) is 0.705. The Morgan fingerprint density at radius 3 is 2.68 bits per heavy atom. The predicted molar refractivity (Wildman–Crippen MR) is 75.2 cm³/mol. The molecule has 0 bridgehead atoms. The molecule has 0 aliphatic heterocycles. The molecule has 0 spiro atoms. The number of methoxy groups -OCH3 is 1. The summed E-state index contributed by atoms with van der Waals surface area (Å²) < 4.78 is 32.5. The Morgan fingerprint density at radius 1 is 1.32 bits per heavy atom. The van der Waals surface area contributed by atoms with Crippen LogP contribution in [0.2, 0.25) is 0 Å². The van der Waals surface area contributed by atoms with Gasteiger partial charge in [-0.15, -0.1) is 0 Å². The van der Waals surface area contributed by atoms with Gasteiger partial charge in [0.25, 0.3) is 0 Å². The smallest absolute Gasteiger partial charge is 0.336 e. The molecule has 1 heterocycles. The van der Waals surface area contributed by atoms with Gasteiger partial charge in [0.15, 0.2) is 8.87 Å². The second kappa shape index (κ2) is 5.26. The maximum absolute atomic E-state index is 11.5. The second-order valence-electron chi connectivity index (χ2n) is 3.92. The summed E-state index contributed by atoms with van der Waals surface area (Å²) in [5.74, 6) is 0.774. The molecule has 1 aromatic carbocycles. The Labute approximate surface area is 113 Å². The number of fused-ring (bicyclic) bond motifs is 1. The molecule has 2 rings (SSSR count). The maximum Gasteiger partial charge on any atom is 0.336 e. The fourth-order valence-corrected chi connectivity index (χ4v) is 3.23. The SMILES string of the molecule is COc1ccc2c(CSS(C)(=O)=O)cc(=O)oc2c1. The third-order valence-corrected chi connectivity index (χ3v) is 4.96. The highest BCUT2D eigenvalue weighted by Gasteiger charge is 2.10. The van der Waals surface area contributed by atoms with Gasteiger partial charge in [0, 0.05) is 29.5 Å². The largest absolute Gasteiger partial charge is 0.497 e. The molecule has 19 heavy (non-hydrogen) atoms.